The summed E-state index contributed by atoms with van der Waals surface area (Å²) in [4.78, 5) is 75.6. The Balaban J connectivity index is 0.000000114. The Kier molecular flexibility index (Phi) is 25.2. The van der Waals surface area contributed by atoms with E-state index < -0.39 is 0 Å². The van der Waals surface area contributed by atoms with Gasteiger partial charge in [0.15, 0.2) is 0 Å². The molecule has 0 radical (unpaired) electrons. The number of carbonyl (C=O) groups is 4. The van der Waals surface area contributed by atoms with E-state index in [9.17, 15) is 28.0 Å². The molecule has 8 aromatic carbocycles. The van der Waals surface area contributed by atoms with E-state index in [1.54, 1.807) is 53.1 Å². The molecule has 17 nitrogen and oxygen atoms in total. The van der Waals surface area contributed by atoms with E-state index in [0.717, 1.165) is 209 Å². The lowest BCUT2D eigenvalue weighted by molar-refractivity contribution is 0.0326. The lowest BCUT2D eigenvalue weighted by Crippen LogP contribution is -2.57. The Morgan fingerprint density at radius 3 is 1.37 bits per heavy atom. The minimum absolute atomic E-state index is 0.0282. The molecule has 8 aliphatic rings. The van der Waals surface area contributed by atoms with Crippen LogP contribution in [-0.4, -0.2) is 217 Å². The molecule has 27 heteroatoms. The van der Waals surface area contributed by atoms with Crippen LogP contribution in [-0.2, 0) is 0 Å². The molecular formula is C92H93Cl6F2N13O4S2. The summed E-state index contributed by atoms with van der Waals surface area (Å²) in [5.41, 5.74) is 12.1. The topological polar surface area (TPSA) is 164 Å². The molecular weight excluding hydrogens is 1670 g/mol. The van der Waals surface area contributed by atoms with Crippen LogP contribution < -0.4 is 0 Å². The SMILES string of the molecule is Cc1[nH]nc2ccc(C(=O)N3CCN4C[C@@H](c5ccc(F)c(Cl)c5)CC[C@@H]4C3)c(Cl)c12.Cc1nc2c(C)c(C(=O)N3CCN4C[C@@H](c5ccc(Cl)cc5)CC[C@@H]4C3)ccc2s1.O=C(c1ccc2[nH]ncc2c1Cl)N1CCN2C[C@@H](c3ccc(F)c(Cl)c3)CC[C@@H]2C1.O=C(c1cccc2sccc12)N1CCN2C[C@@H](c3ccc(Cl)cc3)CC[C@@H]2C1. The first kappa shape index (κ1) is 83.1. The van der Waals surface area contributed by atoms with Crippen molar-refractivity contribution in [2.24, 2.45) is 0 Å². The van der Waals surface area contributed by atoms with Gasteiger partial charge in [-0.15, -0.1) is 22.7 Å². The predicted octanol–water partition coefficient (Wildman–Crippen LogP) is 20.3. The second-order valence-electron chi connectivity index (χ2n) is 33.0. The van der Waals surface area contributed by atoms with Gasteiger partial charge in [-0.05, 0) is 232 Å². The van der Waals surface area contributed by atoms with E-state index in [-0.39, 0.29) is 45.3 Å². The van der Waals surface area contributed by atoms with Crippen molar-refractivity contribution in [3.63, 3.8) is 0 Å². The van der Waals surface area contributed by atoms with E-state index in [0.29, 0.717) is 95.2 Å². The summed E-state index contributed by atoms with van der Waals surface area (Å²) >= 11 is 40.5. The minimum atomic E-state index is -0.381. The fraction of sp³-hybridized carbons (Fsp3) is 0.380. The quantitative estimate of drug-likeness (QED) is 0.149. The molecule has 8 atom stereocenters. The molecule has 8 saturated heterocycles. The maximum absolute atomic E-state index is 13.5. The minimum Gasteiger partial charge on any atom is -0.336 e. The molecule has 0 aliphatic carbocycles. The normalized spacial score (nSPS) is 22.4. The zero-order valence-electron chi connectivity index (χ0n) is 66.5. The summed E-state index contributed by atoms with van der Waals surface area (Å²) in [6.07, 6.45) is 10.2. The Bertz CT molecular complexity index is 5770. The number of thiophene rings is 1. The van der Waals surface area contributed by atoms with Gasteiger partial charge in [0, 0.05) is 177 Å². The number of piperidine rings is 4. The molecule has 2 N–H and O–H groups in total. The van der Waals surface area contributed by atoms with Gasteiger partial charge in [0.25, 0.3) is 23.6 Å². The summed E-state index contributed by atoms with van der Waals surface area (Å²) in [7, 11) is 0. The van der Waals surface area contributed by atoms with Crippen molar-refractivity contribution in [3.8, 4) is 0 Å². The largest absolute Gasteiger partial charge is 0.336 e. The first-order valence-electron chi connectivity index (χ1n) is 41.2. The van der Waals surface area contributed by atoms with Gasteiger partial charge < -0.3 is 19.6 Å². The molecule has 0 unspecified atom stereocenters. The van der Waals surface area contributed by atoms with Gasteiger partial charge in [-0.25, -0.2) is 13.8 Å². The van der Waals surface area contributed by atoms with Crippen molar-refractivity contribution < 1.29 is 28.0 Å². The fourth-order valence-electron chi connectivity index (χ4n) is 19.4. The molecule has 4 amide bonds. The molecule has 12 heterocycles. The number of fused-ring (bicyclic) bond motifs is 8. The third-order valence-corrected chi connectivity index (χ3v) is 29.7. The number of aromatic amines is 2. The van der Waals surface area contributed by atoms with Crippen molar-refractivity contribution in [2.75, 3.05) is 105 Å². The summed E-state index contributed by atoms with van der Waals surface area (Å²) in [6.45, 7) is 19.4. The monoisotopic (exact) mass is 1760 g/mol. The lowest BCUT2D eigenvalue weighted by atomic mass is 9.86. The molecule has 119 heavy (non-hydrogen) atoms. The number of hydrogen-bond donors (Lipinski definition) is 2. The van der Waals surface area contributed by atoms with Crippen molar-refractivity contribution in [2.45, 2.75) is 120 Å². The molecule has 0 spiro atoms. The number of nitrogens with zero attached hydrogens (tertiary/aromatic N) is 11. The van der Waals surface area contributed by atoms with Crippen LogP contribution in [0.1, 0.15) is 155 Å². The second-order valence-corrected chi connectivity index (χ2v) is 37.7. The molecule has 618 valence electrons. The number of aryl methyl sites for hydroxylation is 3. The summed E-state index contributed by atoms with van der Waals surface area (Å²) < 4.78 is 29.4. The number of aromatic nitrogens is 5. The fourth-order valence-corrected chi connectivity index (χ4v) is 22.4. The van der Waals surface area contributed by atoms with Crippen molar-refractivity contribution >= 4 is 158 Å². The second kappa shape index (κ2) is 36.1. The number of H-pyrrole nitrogens is 2. The van der Waals surface area contributed by atoms with Gasteiger partial charge in [-0.2, -0.15) is 10.2 Å². The highest BCUT2D eigenvalue weighted by atomic mass is 35.5. The molecule has 0 bridgehead atoms. The summed E-state index contributed by atoms with van der Waals surface area (Å²) in [5, 5.41) is 22.7. The van der Waals surface area contributed by atoms with Crippen LogP contribution in [0.15, 0.2) is 157 Å². The van der Waals surface area contributed by atoms with Gasteiger partial charge in [-0.3, -0.25) is 49.0 Å². The molecule has 12 aromatic rings. The maximum Gasteiger partial charge on any atom is 0.255 e. The van der Waals surface area contributed by atoms with Crippen LogP contribution in [0.2, 0.25) is 30.1 Å². The number of benzene rings is 8. The van der Waals surface area contributed by atoms with Crippen LogP contribution in [0.3, 0.4) is 0 Å². The van der Waals surface area contributed by atoms with Gasteiger partial charge in [0.1, 0.15) is 11.6 Å². The summed E-state index contributed by atoms with van der Waals surface area (Å²) in [6, 6.07) is 47.6. The Hall–Kier alpha value is -8.13. The Morgan fingerprint density at radius 1 is 0.429 bits per heavy atom. The molecule has 8 aliphatic heterocycles. The van der Waals surface area contributed by atoms with Crippen molar-refractivity contribution in [1.29, 1.82) is 0 Å². The number of halogens is 8. The number of rotatable bonds is 8. The summed E-state index contributed by atoms with van der Waals surface area (Å²) in [5.74, 6) is 1.30. The van der Waals surface area contributed by atoms with Crippen LogP contribution >= 0.6 is 92.3 Å². The molecule has 0 saturated carbocycles. The van der Waals surface area contributed by atoms with E-state index in [2.05, 4.69) is 96.6 Å². The maximum atomic E-state index is 13.5. The number of thiazole rings is 1. The smallest absolute Gasteiger partial charge is 0.255 e. The standard InChI is InChI=1S/C24H26ClN3OS.C23H23Cl2FN4O.C23H23ClN2OS.C22H21Cl2FN4O/c1-15-21(9-10-22-23(15)26-16(2)30-22)24(29)28-12-11-27-13-18(5-8-20(27)14-28)17-3-6-19(25)7-4-17;1-13-21-20(28-27-13)7-5-17(22(21)25)23(31)30-9-8-29-11-15(2-4-16(29)12-30)14-3-6-19(26)18(24)10-14;24-18-7-4-16(5-8-18)17-6-9-19-15-26(12-11-25(19)14-17)23(27)21-2-1-3-22-20(21)10-13-28-22;23-18-9-13(2-5-19(18)25)14-1-3-15-12-29(8-7-28(15)11-14)22(30)16-4-6-20-17(21(16)24)10-26-27-20/h3-4,6-7,9-10,18,20H,5,8,11-14H2,1-2H3;3,5-7,10,15-16H,2,4,8-9,11-12H2,1H3,(H,27,28);1-5,7-8,10,13,17,19H,6,9,11-12,14-15H2;2,4-6,9-10,14-15H,1,3,7-8,11-12H2,(H,26,27)/t18-,20+;15-,16+;17-,19+;14-,15+/m0000/s1. The lowest BCUT2D eigenvalue weighted by Gasteiger charge is -2.46. The van der Waals surface area contributed by atoms with Gasteiger partial charge in [0.2, 0.25) is 0 Å². The van der Waals surface area contributed by atoms with Gasteiger partial charge in [-0.1, -0.05) is 112 Å². The highest BCUT2D eigenvalue weighted by Crippen LogP contribution is 2.41. The zero-order valence-corrected chi connectivity index (χ0v) is 72.7. The number of carbonyl (C=O) groups excluding carboxylic acids is 4. The number of piperazine rings is 4. The van der Waals surface area contributed by atoms with E-state index in [4.69, 9.17) is 69.6 Å². The van der Waals surface area contributed by atoms with Gasteiger partial charge >= 0.3 is 0 Å². The molecule has 8 fully saturated rings. The van der Waals surface area contributed by atoms with E-state index >= 15 is 0 Å². The van der Waals surface area contributed by atoms with Crippen LogP contribution in [0.25, 0.3) is 42.1 Å². The third kappa shape index (κ3) is 17.8. The van der Waals surface area contributed by atoms with Crippen LogP contribution in [0.4, 0.5) is 8.78 Å². The van der Waals surface area contributed by atoms with Crippen molar-refractivity contribution in [1.82, 2.24) is 64.6 Å². The Morgan fingerprint density at radius 2 is 0.874 bits per heavy atom. The Labute approximate surface area is 729 Å². The van der Waals surface area contributed by atoms with Crippen molar-refractivity contribution in [3.05, 3.63) is 260 Å². The third-order valence-electron chi connectivity index (χ3n) is 26.0. The van der Waals surface area contributed by atoms with Crippen LogP contribution in [0, 0.1) is 32.4 Å². The average molecular weight is 1760 g/mol. The zero-order chi connectivity index (χ0) is 82.4. The molecule has 20 rings (SSSR count). The highest BCUT2D eigenvalue weighted by molar-refractivity contribution is 7.18. The van der Waals surface area contributed by atoms with Gasteiger partial charge in [0.05, 0.1) is 63.7 Å². The number of amides is 4. The number of nitrogens with one attached hydrogen (secondary N) is 2. The average Bonchev–Trinajstić information content (AvgIpc) is 1.72. The van der Waals surface area contributed by atoms with E-state index in [1.807, 2.05) is 103 Å². The number of hydrogen-bond acceptors (Lipinski definition) is 13. The van der Waals surface area contributed by atoms with Crippen LogP contribution in [0.5, 0.6) is 0 Å². The first-order chi connectivity index (χ1) is 57.6. The first-order valence-corrected chi connectivity index (χ1v) is 45.2. The van der Waals surface area contributed by atoms with E-state index in [1.165, 1.54) is 34.4 Å². The predicted molar refractivity (Wildman–Crippen MR) is 477 cm³/mol. The molecule has 4 aromatic heterocycles. The highest BCUT2D eigenvalue weighted by Gasteiger charge is 2.41.